The average molecular weight is 388 g/mol. The van der Waals surface area contributed by atoms with Crippen molar-refractivity contribution in [1.29, 1.82) is 0 Å². The van der Waals surface area contributed by atoms with Gasteiger partial charge in [-0.2, -0.15) is 0 Å². The Balaban J connectivity index is 1.73. The van der Waals surface area contributed by atoms with Crippen LogP contribution in [-0.4, -0.2) is 22.2 Å². The summed E-state index contributed by atoms with van der Waals surface area (Å²) in [6.45, 7) is 4.04. The highest BCUT2D eigenvalue weighted by atomic mass is 35.5. The van der Waals surface area contributed by atoms with Crippen molar-refractivity contribution >= 4 is 51.7 Å². The third-order valence-corrected chi connectivity index (χ3v) is 5.33. The standard InChI is InChI=1S/C19H18ClN3O2S/c1-11-3-6-15(9-12(11)2)22-19-23-17(24)10-16(26-19)18(25)21-14-7-4-13(20)5-8-14/h3-9,16H,10H2,1-2H3,(H,21,25)(H,22,23,24)/t16-/m0/s1. The van der Waals surface area contributed by atoms with E-state index in [2.05, 4.69) is 15.6 Å². The normalized spacial score (nSPS) is 18.5. The van der Waals surface area contributed by atoms with E-state index in [1.165, 1.54) is 17.3 Å². The summed E-state index contributed by atoms with van der Waals surface area (Å²) in [5.74, 6) is -0.456. The highest BCUT2D eigenvalue weighted by Crippen LogP contribution is 2.26. The van der Waals surface area contributed by atoms with Gasteiger partial charge in [0.15, 0.2) is 5.17 Å². The molecule has 1 heterocycles. The summed E-state index contributed by atoms with van der Waals surface area (Å²) in [5.41, 5.74) is 3.68. The van der Waals surface area contributed by atoms with Gasteiger partial charge in [0.2, 0.25) is 11.8 Å². The van der Waals surface area contributed by atoms with Crippen LogP contribution >= 0.6 is 23.4 Å². The fraction of sp³-hybridized carbons (Fsp3) is 0.211. The molecule has 1 atom stereocenters. The summed E-state index contributed by atoms with van der Waals surface area (Å²) in [6, 6.07) is 12.7. The second-order valence-corrected chi connectivity index (χ2v) is 7.67. The first-order valence-electron chi connectivity index (χ1n) is 8.09. The number of nitrogens with one attached hydrogen (secondary N) is 2. The van der Waals surface area contributed by atoms with E-state index in [1.807, 2.05) is 32.0 Å². The molecule has 1 fully saturated rings. The highest BCUT2D eigenvalue weighted by Gasteiger charge is 2.30. The molecule has 2 amide bonds. The number of aliphatic imine (C=N–C) groups is 1. The summed E-state index contributed by atoms with van der Waals surface area (Å²) in [4.78, 5) is 29.0. The molecule has 0 aliphatic carbocycles. The number of amidine groups is 1. The zero-order valence-corrected chi connectivity index (χ0v) is 15.9. The number of amides is 2. The molecule has 1 aliphatic heterocycles. The number of anilines is 1. The quantitative estimate of drug-likeness (QED) is 0.828. The average Bonchev–Trinajstić information content (AvgIpc) is 2.59. The molecule has 3 rings (SSSR count). The Morgan fingerprint density at radius 2 is 1.92 bits per heavy atom. The summed E-state index contributed by atoms with van der Waals surface area (Å²) in [7, 11) is 0. The number of carbonyl (C=O) groups is 2. The number of carbonyl (C=O) groups excluding carboxylic acids is 2. The predicted octanol–water partition coefficient (Wildman–Crippen LogP) is 4.20. The minimum absolute atomic E-state index is 0.107. The van der Waals surface area contributed by atoms with Crippen LogP contribution in [0, 0.1) is 13.8 Å². The van der Waals surface area contributed by atoms with Gasteiger partial charge in [0.1, 0.15) is 5.25 Å². The molecular weight excluding hydrogens is 370 g/mol. The van der Waals surface area contributed by atoms with Crippen molar-refractivity contribution < 1.29 is 9.59 Å². The predicted molar refractivity (Wildman–Crippen MR) is 107 cm³/mol. The largest absolute Gasteiger partial charge is 0.325 e. The van der Waals surface area contributed by atoms with Gasteiger partial charge in [0.05, 0.1) is 5.69 Å². The minimum Gasteiger partial charge on any atom is -0.325 e. The Hall–Kier alpha value is -2.31. The lowest BCUT2D eigenvalue weighted by molar-refractivity contribution is -0.123. The van der Waals surface area contributed by atoms with Crippen LogP contribution in [0.1, 0.15) is 17.5 Å². The molecule has 0 saturated carbocycles. The molecule has 1 saturated heterocycles. The smallest absolute Gasteiger partial charge is 0.238 e. The van der Waals surface area contributed by atoms with Gasteiger partial charge in [-0.1, -0.05) is 29.4 Å². The lowest BCUT2D eigenvalue weighted by Crippen LogP contribution is -2.41. The number of halogens is 1. The molecule has 26 heavy (non-hydrogen) atoms. The second-order valence-electron chi connectivity index (χ2n) is 6.04. The van der Waals surface area contributed by atoms with Gasteiger partial charge in [0.25, 0.3) is 0 Å². The van der Waals surface area contributed by atoms with Crippen LogP contribution in [0.2, 0.25) is 5.02 Å². The second kappa shape index (κ2) is 7.93. The van der Waals surface area contributed by atoms with Crippen LogP contribution in [-0.2, 0) is 9.59 Å². The van der Waals surface area contributed by atoms with E-state index < -0.39 is 5.25 Å². The third kappa shape index (κ3) is 4.65. The van der Waals surface area contributed by atoms with E-state index in [0.717, 1.165) is 11.3 Å². The van der Waals surface area contributed by atoms with Crippen molar-refractivity contribution in [2.45, 2.75) is 25.5 Å². The number of nitrogens with zero attached hydrogens (tertiary/aromatic N) is 1. The maximum Gasteiger partial charge on any atom is 0.238 e. The van der Waals surface area contributed by atoms with Crippen LogP contribution < -0.4 is 10.6 Å². The Morgan fingerprint density at radius 3 is 2.62 bits per heavy atom. The van der Waals surface area contributed by atoms with Crippen LogP contribution in [0.15, 0.2) is 47.5 Å². The molecule has 2 aromatic rings. The van der Waals surface area contributed by atoms with E-state index >= 15 is 0 Å². The van der Waals surface area contributed by atoms with Gasteiger partial charge >= 0.3 is 0 Å². The van der Waals surface area contributed by atoms with E-state index in [4.69, 9.17) is 11.6 Å². The first kappa shape index (κ1) is 18.5. The molecule has 0 radical (unpaired) electrons. The fourth-order valence-corrected chi connectivity index (χ4v) is 3.54. The number of hydrogen-bond acceptors (Lipinski definition) is 4. The van der Waals surface area contributed by atoms with Gasteiger partial charge in [-0.3, -0.25) is 9.59 Å². The summed E-state index contributed by atoms with van der Waals surface area (Å²) in [6.07, 6.45) is 0.107. The van der Waals surface area contributed by atoms with Gasteiger partial charge in [-0.05, 0) is 61.4 Å². The topological polar surface area (TPSA) is 70.6 Å². The van der Waals surface area contributed by atoms with Crippen molar-refractivity contribution in [3.05, 3.63) is 58.6 Å². The van der Waals surface area contributed by atoms with Crippen molar-refractivity contribution in [2.24, 2.45) is 4.99 Å². The molecule has 0 spiro atoms. The van der Waals surface area contributed by atoms with Crippen LogP contribution in [0.25, 0.3) is 0 Å². The Labute approximate surface area is 161 Å². The summed E-state index contributed by atoms with van der Waals surface area (Å²) >= 11 is 7.10. The fourth-order valence-electron chi connectivity index (χ4n) is 2.41. The first-order valence-corrected chi connectivity index (χ1v) is 9.35. The summed E-state index contributed by atoms with van der Waals surface area (Å²) < 4.78 is 0. The van der Waals surface area contributed by atoms with Crippen molar-refractivity contribution in [3.8, 4) is 0 Å². The number of benzene rings is 2. The van der Waals surface area contributed by atoms with Crippen LogP contribution in [0.5, 0.6) is 0 Å². The zero-order valence-electron chi connectivity index (χ0n) is 14.4. The molecular formula is C19H18ClN3O2S. The number of hydrogen-bond donors (Lipinski definition) is 2. The summed E-state index contributed by atoms with van der Waals surface area (Å²) in [5, 5.41) is 6.03. The van der Waals surface area contributed by atoms with Gasteiger partial charge in [-0.15, -0.1) is 0 Å². The van der Waals surface area contributed by atoms with E-state index in [1.54, 1.807) is 24.3 Å². The molecule has 0 unspecified atom stereocenters. The van der Waals surface area contributed by atoms with Crippen molar-refractivity contribution in [3.63, 3.8) is 0 Å². The molecule has 0 aromatic heterocycles. The molecule has 134 valence electrons. The van der Waals surface area contributed by atoms with Crippen LogP contribution in [0.3, 0.4) is 0 Å². The van der Waals surface area contributed by atoms with Crippen molar-refractivity contribution in [2.75, 3.05) is 5.32 Å². The SMILES string of the molecule is Cc1ccc(N=C2NC(=O)C[C@@H](C(=O)Nc3ccc(Cl)cc3)S2)cc1C. The van der Waals surface area contributed by atoms with E-state index in [0.29, 0.717) is 15.9 Å². The molecule has 2 aromatic carbocycles. The first-order chi connectivity index (χ1) is 12.4. The van der Waals surface area contributed by atoms with E-state index in [9.17, 15) is 9.59 Å². The van der Waals surface area contributed by atoms with Crippen molar-refractivity contribution in [1.82, 2.24) is 5.32 Å². The highest BCUT2D eigenvalue weighted by molar-refractivity contribution is 8.15. The minimum atomic E-state index is -0.537. The lowest BCUT2D eigenvalue weighted by atomic mass is 10.1. The van der Waals surface area contributed by atoms with E-state index in [-0.39, 0.29) is 18.2 Å². The zero-order chi connectivity index (χ0) is 18.7. The Morgan fingerprint density at radius 1 is 1.19 bits per heavy atom. The maximum absolute atomic E-state index is 12.5. The monoisotopic (exact) mass is 387 g/mol. The number of rotatable bonds is 3. The maximum atomic E-state index is 12.5. The molecule has 0 bridgehead atoms. The van der Waals surface area contributed by atoms with Gasteiger partial charge in [-0.25, -0.2) is 4.99 Å². The van der Waals surface area contributed by atoms with Gasteiger partial charge < -0.3 is 10.6 Å². The molecule has 2 N–H and O–H groups in total. The lowest BCUT2D eigenvalue weighted by Gasteiger charge is -2.22. The Kier molecular flexibility index (Phi) is 5.64. The molecule has 7 heteroatoms. The number of thioether (sulfide) groups is 1. The molecule has 1 aliphatic rings. The number of aryl methyl sites for hydroxylation is 2. The Bertz CT molecular complexity index is 881. The molecule has 5 nitrogen and oxygen atoms in total. The third-order valence-electron chi connectivity index (χ3n) is 4.00. The van der Waals surface area contributed by atoms with Crippen LogP contribution in [0.4, 0.5) is 11.4 Å². The van der Waals surface area contributed by atoms with Gasteiger partial charge in [0, 0.05) is 17.1 Å².